The summed E-state index contributed by atoms with van der Waals surface area (Å²) in [5, 5.41) is 0. The molecule has 0 aliphatic heterocycles. The van der Waals surface area contributed by atoms with Gasteiger partial charge in [-0.1, -0.05) is 44.8 Å². The Hall–Kier alpha value is -0.780. The Morgan fingerprint density at radius 2 is 2.10 bits per heavy atom. The second kappa shape index (κ2) is 7.86. The molecular weight excluding hydrogens is 246 g/mol. The van der Waals surface area contributed by atoms with Crippen LogP contribution in [0.3, 0.4) is 0 Å². The molecule has 0 amide bonds. The summed E-state index contributed by atoms with van der Waals surface area (Å²) < 4.78 is 5.14. The molecule has 4 unspecified atom stereocenters. The highest BCUT2D eigenvalue weighted by atomic mass is 16.5. The second-order valence-corrected chi connectivity index (χ2v) is 6.42. The van der Waals surface area contributed by atoms with E-state index >= 15 is 0 Å². The Morgan fingerprint density at radius 1 is 1.45 bits per heavy atom. The molecule has 0 aromatic rings. The smallest absolute Gasteiger partial charge is 0.0600 e. The van der Waals surface area contributed by atoms with Crippen molar-refractivity contribution >= 4 is 0 Å². The van der Waals surface area contributed by atoms with Crippen molar-refractivity contribution < 1.29 is 4.74 Å². The van der Waals surface area contributed by atoms with Gasteiger partial charge in [0, 0.05) is 13.0 Å². The quantitative estimate of drug-likeness (QED) is 0.487. The molecule has 0 saturated heterocycles. The molecule has 2 N–H and O–H groups in total. The highest BCUT2D eigenvalue weighted by molar-refractivity contribution is 5.44. The van der Waals surface area contributed by atoms with E-state index in [4.69, 9.17) is 16.9 Å². The zero-order valence-corrected chi connectivity index (χ0v) is 13.6. The second-order valence-electron chi connectivity index (χ2n) is 6.42. The normalized spacial score (nSPS) is 25.5. The van der Waals surface area contributed by atoms with Crippen molar-refractivity contribution in [3.05, 3.63) is 11.6 Å². The third kappa shape index (κ3) is 4.65. The first-order valence-corrected chi connectivity index (χ1v) is 7.91. The van der Waals surface area contributed by atoms with Crippen molar-refractivity contribution in [2.24, 2.45) is 23.5 Å². The third-order valence-electron chi connectivity index (χ3n) is 4.90. The van der Waals surface area contributed by atoms with Crippen LogP contribution in [0.5, 0.6) is 0 Å². The zero-order valence-electron chi connectivity index (χ0n) is 13.6. The van der Waals surface area contributed by atoms with Crippen LogP contribution in [0.15, 0.2) is 11.6 Å². The highest BCUT2D eigenvalue weighted by Gasteiger charge is 2.42. The summed E-state index contributed by atoms with van der Waals surface area (Å²) in [7, 11) is 1.71. The van der Waals surface area contributed by atoms with Crippen molar-refractivity contribution in [2.75, 3.05) is 13.7 Å². The highest BCUT2D eigenvalue weighted by Crippen LogP contribution is 2.41. The monoisotopic (exact) mass is 277 g/mol. The molecule has 1 rings (SSSR count). The topological polar surface area (TPSA) is 35.2 Å². The Labute approximate surface area is 125 Å². The molecule has 2 nitrogen and oxygen atoms in total. The molecular formula is C18H31NO. The van der Waals surface area contributed by atoms with E-state index < -0.39 is 0 Å². The van der Waals surface area contributed by atoms with E-state index in [0.29, 0.717) is 12.5 Å². The summed E-state index contributed by atoms with van der Waals surface area (Å²) in [5.41, 5.74) is 7.61. The van der Waals surface area contributed by atoms with Crippen molar-refractivity contribution in [1.29, 1.82) is 0 Å². The van der Waals surface area contributed by atoms with Crippen LogP contribution in [-0.4, -0.2) is 19.3 Å². The number of nitrogens with two attached hydrogens (primary N) is 1. The van der Waals surface area contributed by atoms with E-state index in [0.717, 1.165) is 12.3 Å². The van der Waals surface area contributed by atoms with E-state index in [1.807, 2.05) is 0 Å². The van der Waals surface area contributed by atoms with Crippen LogP contribution in [0.1, 0.15) is 52.9 Å². The van der Waals surface area contributed by atoms with Gasteiger partial charge in [-0.3, -0.25) is 0 Å². The Balaban J connectivity index is 2.28. The van der Waals surface area contributed by atoms with Gasteiger partial charge >= 0.3 is 0 Å². The molecule has 0 saturated carbocycles. The minimum atomic E-state index is -0.0786. The molecule has 0 aromatic heterocycles. The summed E-state index contributed by atoms with van der Waals surface area (Å²) in [6.45, 7) is 7.38. The fourth-order valence-electron chi connectivity index (χ4n) is 3.11. The van der Waals surface area contributed by atoms with Crippen LogP contribution in [-0.2, 0) is 4.74 Å². The summed E-state index contributed by atoms with van der Waals surface area (Å²) in [4.78, 5) is 0. The maximum atomic E-state index is 6.34. The first-order valence-electron chi connectivity index (χ1n) is 7.91. The van der Waals surface area contributed by atoms with Gasteiger partial charge < -0.3 is 10.5 Å². The van der Waals surface area contributed by atoms with Crippen LogP contribution >= 0.6 is 0 Å². The molecule has 20 heavy (non-hydrogen) atoms. The average Bonchev–Trinajstić information content (AvgIpc) is 3.05. The van der Waals surface area contributed by atoms with Gasteiger partial charge in [0.1, 0.15) is 0 Å². The van der Waals surface area contributed by atoms with Crippen LogP contribution in [0.2, 0.25) is 0 Å². The van der Waals surface area contributed by atoms with Crippen molar-refractivity contribution in [3.63, 3.8) is 0 Å². The summed E-state index contributed by atoms with van der Waals surface area (Å²) >= 11 is 0. The Kier molecular flexibility index (Phi) is 6.79. The predicted octanol–water partition coefficient (Wildman–Crippen LogP) is 3.76. The van der Waals surface area contributed by atoms with Crippen molar-refractivity contribution in [3.8, 4) is 12.3 Å². The molecule has 1 aliphatic rings. The lowest BCUT2D eigenvalue weighted by Crippen LogP contribution is -2.35. The molecule has 2 heteroatoms. The van der Waals surface area contributed by atoms with Crippen LogP contribution in [0, 0.1) is 30.1 Å². The van der Waals surface area contributed by atoms with E-state index in [-0.39, 0.29) is 11.5 Å². The van der Waals surface area contributed by atoms with E-state index in [1.54, 1.807) is 7.11 Å². The lowest BCUT2D eigenvalue weighted by molar-refractivity contribution is 0.167. The van der Waals surface area contributed by atoms with E-state index in [1.165, 1.54) is 31.3 Å². The molecule has 4 atom stereocenters. The maximum absolute atomic E-state index is 6.34. The van der Waals surface area contributed by atoms with Gasteiger partial charge in [0.25, 0.3) is 0 Å². The van der Waals surface area contributed by atoms with Crippen LogP contribution in [0.4, 0.5) is 0 Å². The summed E-state index contributed by atoms with van der Waals surface area (Å²) in [6.07, 6.45) is 13.7. The minimum absolute atomic E-state index is 0.0786. The maximum Gasteiger partial charge on any atom is 0.0600 e. The summed E-state index contributed by atoms with van der Waals surface area (Å²) in [6, 6.07) is 0. The number of hydrogen-bond acceptors (Lipinski definition) is 2. The molecule has 114 valence electrons. The number of ether oxygens (including phenoxy) is 1. The van der Waals surface area contributed by atoms with Crippen molar-refractivity contribution in [1.82, 2.24) is 0 Å². The lowest BCUT2D eigenvalue weighted by atomic mass is 9.82. The third-order valence-corrected chi connectivity index (χ3v) is 4.90. The van der Waals surface area contributed by atoms with Gasteiger partial charge in [0.05, 0.1) is 12.1 Å². The fourth-order valence-corrected chi connectivity index (χ4v) is 3.11. The van der Waals surface area contributed by atoms with Gasteiger partial charge in [0.15, 0.2) is 0 Å². The predicted molar refractivity (Wildman–Crippen MR) is 86.3 cm³/mol. The van der Waals surface area contributed by atoms with Gasteiger partial charge in [-0.2, -0.15) is 0 Å². The fraction of sp³-hybridized carbons (Fsp3) is 0.778. The van der Waals surface area contributed by atoms with Gasteiger partial charge in [-0.25, -0.2) is 0 Å². The minimum Gasteiger partial charge on any atom is -0.383 e. The Bertz CT molecular complexity index is 368. The molecule has 1 aliphatic carbocycles. The van der Waals surface area contributed by atoms with Gasteiger partial charge in [-0.05, 0) is 31.6 Å². The number of rotatable bonds is 10. The SMILES string of the molecule is C#CC(CCCC(CC)CC(C)C1(N)C=C1C)COC. The molecule has 0 bridgehead atoms. The standard InChI is InChI=1S/C18H31NO/c1-6-16(9-8-10-17(7-2)13-20-5)11-14(3)18(19)12-15(18)4/h2,12,14,16-17H,6,8-11,13,19H2,1,3-5H3. The first-order chi connectivity index (χ1) is 9.47. The van der Waals surface area contributed by atoms with E-state index in [9.17, 15) is 0 Å². The van der Waals surface area contributed by atoms with E-state index in [2.05, 4.69) is 32.8 Å². The lowest BCUT2D eigenvalue weighted by Gasteiger charge is -2.26. The summed E-state index contributed by atoms with van der Waals surface area (Å²) in [5.74, 6) is 4.40. The van der Waals surface area contributed by atoms with Crippen LogP contribution < -0.4 is 5.73 Å². The average molecular weight is 277 g/mol. The molecule has 0 fully saturated rings. The molecule has 0 heterocycles. The van der Waals surface area contributed by atoms with Crippen LogP contribution in [0.25, 0.3) is 0 Å². The zero-order chi connectivity index (χ0) is 15.2. The first kappa shape index (κ1) is 17.3. The molecule has 0 aromatic carbocycles. The van der Waals surface area contributed by atoms with Gasteiger partial charge in [0.2, 0.25) is 0 Å². The molecule has 0 spiro atoms. The van der Waals surface area contributed by atoms with Gasteiger partial charge in [-0.15, -0.1) is 12.3 Å². The Morgan fingerprint density at radius 3 is 2.55 bits per heavy atom. The largest absolute Gasteiger partial charge is 0.383 e. The van der Waals surface area contributed by atoms with Crippen molar-refractivity contribution in [2.45, 2.75) is 58.4 Å². The molecule has 0 radical (unpaired) electrons. The number of hydrogen-bond donors (Lipinski definition) is 1. The number of methoxy groups -OCH3 is 1. The number of terminal acetylenes is 1.